The van der Waals surface area contributed by atoms with E-state index < -0.39 is 0 Å². The molecule has 0 atom stereocenters. The molecule has 0 amide bonds. The van der Waals surface area contributed by atoms with Gasteiger partial charge in [-0.25, -0.2) is 0 Å². The molecule has 0 bridgehead atoms. The Balaban J connectivity index is 1.96. The molecule has 4 heteroatoms. The molecule has 0 saturated carbocycles. The van der Waals surface area contributed by atoms with Crippen LogP contribution in [-0.2, 0) is 6.61 Å². The van der Waals surface area contributed by atoms with Crippen LogP contribution in [-0.4, -0.2) is 11.7 Å². The summed E-state index contributed by atoms with van der Waals surface area (Å²) < 4.78 is 5.78. The Morgan fingerprint density at radius 2 is 2.20 bits per heavy atom. The van der Waals surface area contributed by atoms with E-state index >= 15 is 0 Å². The lowest BCUT2D eigenvalue weighted by Gasteiger charge is -2.07. The van der Waals surface area contributed by atoms with Gasteiger partial charge in [-0.15, -0.1) is 11.3 Å². The molecule has 1 heterocycles. The first-order valence-electron chi connectivity index (χ1n) is 6.25. The number of aliphatic hydroxyl groups is 1. The van der Waals surface area contributed by atoms with Crippen LogP contribution in [0.15, 0.2) is 29.6 Å². The van der Waals surface area contributed by atoms with Crippen molar-refractivity contribution in [2.24, 2.45) is 0 Å². The van der Waals surface area contributed by atoms with Crippen LogP contribution in [0, 0.1) is 18.8 Å². The Morgan fingerprint density at radius 1 is 1.35 bits per heavy atom. The van der Waals surface area contributed by atoms with Gasteiger partial charge in [-0.1, -0.05) is 23.4 Å². The molecule has 0 saturated heterocycles. The molecule has 0 aliphatic carbocycles. The van der Waals surface area contributed by atoms with Crippen molar-refractivity contribution >= 4 is 22.9 Å². The molecule has 104 valence electrons. The van der Waals surface area contributed by atoms with E-state index in [1.807, 2.05) is 36.6 Å². The van der Waals surface area contributed by atoms with Crippen LogP contribution in [0.2, 0.25) is 5.02 Å². The van der Waals surface area contributed by atoms with Crippen molar-refractivity contribution in [2.75, 3.05) is 6.61 Å². The van der Waals surface area contributed by atoms with Crippen molar-refractivity contribution in [1.29, 1.82) is 0 Å². The molecule has 0 radical (unpaired) electrons. The van der Waals surface area contributed by atoms with Crippen molar-refractivity contribution in [3.63, 3.8) is 0 Å². The van der Waals surface area contributed by atoms with Crippen LogP contribution < -0.4 is 4.74 Å². The average molecular weight is 307 g/mol. The lowest BCUT2D eigenvalue weighted by molar-refractivity contribution is 0.305. The highest BCUT2D eigenvalue weighted by Crippen LogP contribution is 2.24. The number of ether oxygens (including phenoxy) is 1. The van der Waals surface area contributed by atoms with Crippen LogP contribution in [0.4, 0.5) is 0 Å². The zero-order valence-corrected chi connectivity index (χ0v) is 12.7. The van der Waals surface area contributed by atoms with E-state index in [2.05, 4.69) is 11.8 Å². The third-order valence-corrected chi connectivity index (χ3v) is 3.78. The average Bonchev–Trinajstić information content (AvgIpc) is 2.86. The van der Waals surface area contributed by atoms with Gasteiger partial charge in [0.25, 0.3) is 0 Å². The summed E-state index contributed by atoms with van der Waals surface area (Å²) in [4.78, 5) is 1.12. The van der Waals surface area contributed by atoms with E-state index in [9.17, 15) is 0 Å². The number of thiophene rings is 1. The summed E-state index contributed by atoms with van der Waals surface area (Å²) in [6, 6.07) is 7.61. The second kappa shape index (κ2) is 7.35. The molecule has 2 rings (SSSR count). The van der Waals surface area contributed by atoms with Crippen LogP contribution in [0.25, 0.3) is 0 Å². The van der Waals surface area contributed by atoms with Crippen molar-refractivity contribution in [3.8, 4) is 17.6 Å². The largest absolute Gasteiger partial charge is 0.488 e. The summed E-state index contributed by atoms with van der Waals surface area (Å²) in [5.74, 6) is 6.76. The second-order valence-corrected chi connectivity index (χ2v) is 5.71. The van der Waals surface area contributed by atoms with Gasteiger partial charge in [-0.05, 0) is 36.8 Å². The van der Waals surface area contributed by atoms with Crippen LogP contribution in [0.3, 0.4) is 0 Å². The number of halogens is 1. The van der Waals surface area contributed by atoms with Crippen molar-refractivity contribution in [1.82, 2.24) is 0 Å². The minimum atomic E-state index is 0.100. The van der Waals surface area contributed by atoms with E-state index in [1.165, 1.54) is 0 Å². The molecule has 1 aromatic carbocycles. The van der Waals surface area contributed by atoms with E-state index in [1.54, 1.807) is 11.3 Å². The molecule has 0 spiro atoms. The van der Waals surface area contributed by atoms with Gasteiger partial charge in [0.2, 0.25) is 0 Å². The van der Waals surface area contributed by atoms with Gasteiger partial charge in [0.05, 0.1) is 6.61 Å². The maximum atomic E-state index is 8.68. The molecule has 1 aromatic heterocycles. The Kier molecular flexibility index (Phi) is 5.49. The molecule has 0 aliphatic heterocycles. The molecular formula is C16H15ClO2S. The first-order chi connectivity index (χ1) is 9.69. The number of aliphatic hydroxyl groups excluding tert-OH is 1. The zero-order valence-electron chi connectivity index (χ0n) is 11.1. The van der Waals surface area contributed by atoms with Gasteiger partial charge in [-0.3, -0.25) is 0 Å². The SMILES string of the molecule is Cc1cc(Cl)ccc1OCc1cc(C#CCCO)cs1. The number of rotatable bonds is 4. The van der Waals surface area contributed by atoms with Gasteiger partial charge >= 0.3 is 0 Å². The Morgan fingerprint density at radius 3 is 2.95 bits per heavy atom. The Labute approximate surface area is 128 Å². The standard InChI is InChI=1S/C16H15ClO2S/c1-12-8-14(17)5-6-16(12)19-10-15-9-13(11-20-15)4-2-3-7-18/h5-6,8-9,11,18H,3,7,10H2,1H3. The molecule has 1 N–H and O–H groups in total. The summed E-state index contributed by atoms with van der Waals surface area (Å²) in [7, 11) is 0. The van der Waals surface area contributed by atoms with Crippen molar-refractivity contribution in [3.05, 3.63) is 50.7 Å². The summed E-state index contributed by atoms with van der Waals surface area (Å²) in [5, 5.41) is 11.4. The third-order valence-electron chi connectivity index (χ3n) is 2.63. The number of hydrogen-bond donors (Lipinski definition) is 1. The molecular weight excluding hydrogens is 292 g/mol. The highest BCUT2D eigenvalue weighted by Gasteiger charge is 2.03. The van der Waals surface area contributed by atoms with Crippen LogP contribution in [0.5, 0.6) is 5.75 Å². The van der Waals surface area contributed by atoms with Crippen molar-refractivity contribution < 1.29 is 9.84 Å². The van der Waals surface area contributed by atoms with Crippen LogP contribution >= 0.6 is 22.9 Å². The molecule has 2 aromatic rings. The molecule has 0 aliphatic rings. The van der Waals surface area contributed by atoms with Gasteiger partial charge < -0.3 is 9.84 Å². The first kappa shape index (κ1) is 14.9. The maximum absolute atomic E-state index is 8.68. The highest BCUT2D eigenvalue weighted by atomic mass is 35.5. The fourth-order valence-corrected chi connectivity index (χ4v) is 2.62. The summed E-state index contributed by atoms with van der Waals surface area (Å²) in [6.45, 7) is 2.60. The molecule has 20 heavy (non-hydrogen) atoms. The van der Waals surface area contributed by atoms with E-state index in [0.29, 0.717) is 18.1 Å². The predicted octanol–water partition coefficient (Wildman–Crippen LogP) is 4.02. The molecule has 0 unspecified atom stereocenters. The topological polar surface area (TPSA) is 29.5 Å². The lowest BCUT2D eigenvalue weighted by Crippen LogP contribution is -1.94. The Bertz CT molecular complexity index is 637. The van der Waals surface area contributed by atoms with Crippen LogP contribution in [0.1, 0.15) is 22.4 Å². The number of benzene rings is 1. The zero-order chi connectivity index (χ0) is 14.4. The van der Waals surface area contributed by atoms with Gasteiger partial charge in [0.1, 0.15) is 12.4 Å². The van der Waals surface area contributed by atoms with E-state index in [0.717, 1.165) is 21.8 Å². The summed E-state index contributed by atoms with van der Waals surface area (Å²) >= 11 is 7.53. The monoisotopic (exact) mass is 306 g/mol. The highest BCUT2D eigenvalue weighted by molar-refractivity contribution is 7.10. The van der Waals surface area contributed by atoms with Gasteiger partial charge in [-0.2, -0.15) is 0 Å². The van der Waals surface area contributed by atoms with Gasteiger partial charge in [0.15, 0.2) is 0 Å². The molecule has 2 nitrogen and oxygen atoms in total. The van der Waals surface area contributed by atoms with Crippen molar-refractivity contribution in [2.45, 2.75) is 20.0 Å². The second-order valence-electron chi connectivity index (χ2n) is 4.28. The lowest BCUT2D eigenvalue weighted by atomic mass is 10.2. The quantitative estimate of drug-likeness (QED) is 0.864. The smallest absolute Gasteiger partial charge is 0.122 e. The number of hydrogen-bond acceptors (Lipinski definition) is 3. The first-order valence-corrected chi connectivity index (χ1v) is 7.51. The maximum Gasteiger partial charge on any atom is 0.122 e. The third kappa shape index (κ3) is 4.28. The minimum absolute atomic E-state index is 0.100. The predicted molar refractivity (Wildman–Crippen MR) is 83.4 cm³/mol. The van der Waals surface area contributed by atoms with E-state index in [4.69, 9.17) is 21.4 Å². The summed E-state index contributed by atoms with van der Waals surface area (Å²) in [5.41, 5.74) is 1.99. The molecule has 0 fully saturated rings. The normalized spacial score (nSPS) is 9.95. The minimum Gasteiger partial charge on any atom is -0.488 e. The summed E-state index contributed by atoms with van der Waals surface area (Å²) in [6.07, 6.45) is 0.506. The Hall–Kier alpha value is -1.47. The fraction of sp³-hybridized carbons (Fsp3) is 0.250. The fourth-order valence-electron chi connectivity index (χ4n) is 1.67. The van der Waals surface area contributed by atoms with E-state index in [-0.39, 0.29) is 6.61 Å². The number of aryl methyl sites for hydroxylation is 1. The van der Waals surface area contributed by atoms with Gasteiger partial charge in [0, 0.05) is 27.3 Å².